The standard InChI is InChI=1S/C8H7BrO/c9-7-2-1-6-3-4-10-8(6)5-7/h1-6,8H. The van der Waals surface area contributed by atoms with Crippen LogP contribution in [0, 0.1) is 5.92 Å². The van der Waals surface area contributed by atoms with E-state index in [1.54, 1.807) is 6.26 Å². The second kappa shape index (κ2) is 2.27. The normalized spacial score (nSPS) is 35.1. The van der Waals surface area contributed by atoms with E-state index in [-0.39, 0.29) is 6.10 Å². The average molecular weight is 199 g/mol. The van der Waals surface area contributed by atoms with Crippen molar-refractivity contribution in [1.29, 1.82) is 0 Å². The van der Waals surface area contributed by atoms with Crippen LogP contribution in [0.4, 0.5) is 0 Å². The van der Waals surface area contributed by atoms with E-state index in [2.05, 4.69) is 40.2 Å². The molecule has 52 valence electrons. The lowest BCUT2D eigenvalue weighted by Crippen LogP contribution is -2.13. The summed E-state index contributed by atoms with van der Waals surface area (Å²) in [7, 11) is 0. The van der Waals surface area contributed by atoms with Gasteiger partial charge >= 0.3 is 0 Å². The molecule has 0 bridgehead atoms. The SMILES string of the molecule is BrC1=CC2OC=CC2C=C1. The maximum Gasteiger partial charge on any atom is 0.127 e. The third-order valence-electron chi connectivity index (χ3n) is 1.72. The highest BCUT2D eigenvalue weighted by molar-refractivity contribution is 9.11. The van der Waals surface area contributed by atoms with Gasteiger partial charge in [0.1, 0.15) is 6.10 Å². The van der Waals surface area contributed by atoms with E-state index in [1.165, 1.54) is 0 Å². The van der Waals surface area contributed by atoms with Crippen molar-refractivity contribution >= 4 is 15.9 Å². The molecule has 1 nitrogen and oxygen atoms in total. The maximum atomic E-state index is 5.29. The monoisotopic (exact) mass is 198 g/mol. The Hall–Kier alpha value is -0.500. The molecular weight excluding hydrogens is 192 g/mol. The number of halogens is 1. The highest BCUT2D eigenvalue weighted by Crippen LogP contribution is 2.27. The molecule has 2 aliphatic rings. The summed E-state index contributed by atoms with van der Waals surface area (Å²) in [6, 6.07) is 0. The molecule has 0 amide bonds. The number of rotatable bonds is 0. The molecule has 0 fully saturated rings. The van der Waals surface area contributed by atoms with Gasteiger partial charge in [-0.3, -0.25) is 0 Å². The van der Waals surface area contributed by atoms with Gasteiger partial charge in [0.2, 0.25) is 0 Å². The second-order valence-corrected chi connectivity index (χ2v) is 3.33. The van der Waals surface area contributed by atoms with Gasteiger partial charge < -0.3 is 4.74 Å². The Morgan fingerprint density at radius 3 is 3.20 bits per heavy atom. The van der Waals surface area contributed by atoms with Crippen LogP contribution in [0.1, 0.15) is 0 Å². The highest BCUT2D eigenvalue weighted by atomic mass is 79.9. The minimum atomic E-state index is 0.236. The lowest BCUT2D eigenvalue weighted by atomic mass is 10.00. The minimum absolute atomic E-state index is 0.236. The third-order valence-corrected chi connectivity index (χ3v) is 2.25. The first kappa shape index (κ1) is 6.23. The zero-order valence-corrected chi connectivity index (χ0v) is 6.91. The molecule has 0 radical (unpaired) electrons. The number of ether oxygens (including phenoxy) is 1. The van der Waals surface area contributed by atoms with Crippen molar-refractivity contribution in [2.75, 3.05) is 0 Å². The topological polar surface area (TPSA) is 9.23 Å². The number of fused-ring (bicyclic) bond motifs is 1. The largest absolute Gasteiger partial charge is 0.493 e. The quantitative estimate of drug-likeness (QED) is 0.581. The first-order chi connectivity index (χ1) is 4.86. The van der Waals surface area contributed by atoms with Gasteiger partial charge in [0.25, 0.3) is 0 Å². The summed E-state index contributed by atoms with van der Waals surface area (Å²) in [5.41, 5.74) is 0. The van der Waals surface area contributed by atoms with Gasteiger partial charge in [-0.2, -0.15) is 0 Å². The Morgan fingerprint density at radius 2 is 2.30 bits per heavy atom. The van der Waals surface area contributed by atoms with Crippen LogP contribution in [0.2, 0.25) is 0 Å². The zero-order chi connectivity index (χ0) is 6.97. The molecule has 0 aromatic carbocycles. The van der Waals surface area contributed by atoms with Crippen molar-refractivity contribution in [3.8, 4) is 0 Å². The molecule has 2 heteroatoms. The maximum absolute atomic E-state index is 5.29. The molecule has 0 saturated heterocycles. The van der Waals surface area contributed by atoms with Crippen molar-refractivity contribution in [3.63, 3.8) is 0 Å². The first-order valence-corrected chi connectivity index (χ1v) is 4.03. The summed E-state index contributed by atoms with van der Waals surface area (Å²) in [4.78, 5) is 0. The van der Waals surface area contributed by atoms with Gasteiger partial charge in [0, 0.05) is 10.4 Å². The van der Waals surface area contributed by atoms with Gasteiger partial charge in [0.05, 0.1) is 6.26 Å². The van der Waals surface area contributed by atoms with Crippen LogP contribution in [-0.2, 0) is 4.74 Å². The van der Waals surface area contributed by atoms with Crippen LogP contribution in [0.5, 0.6) is 0 Å². The Labute approximate surface area is 68.2 Å². The fourth-order valence-corrected chi connectivity index (χ4v) is 1.58. The van der Waals surface area contributed by atoms with E-state index in [9.17, 15) is 0 Å². The Bertz CT molecular complexity index is 227. The van der Waals surface area contributed by atoms with E-state index in [4.69, 9.17) is 4.74 Å². The van der Waals surface area contributed by atoms with Crippen molar-refractivity contribution in [3.05, 3.63) is 35.0 Å². The summed E-state index contributed by atoms with van der Waals surface area (Å²) < 4.78 is 6.40. The Kier molecular flexibility index (Phi) is 1.42. The average Bonchev–Trinajstić information content (AvgIpc) is 2.33. The molecular formula is C8H7BrO. The van der Waals surface area contributed by atoms with Gasteiger partial charge in [-0.15, -0.1) is 0 Å². The van der Waals surface area contributed by atoms with Gasteiger partial charge in [0.15, 0.2) is 0 Å². The van der Waals surface area contributed by atoms with Crippen LogP contribution < -0.4 is 0 Å². The van der Waals surface area contributed by atoms with Crippen LogP contribution >= 0.6 is 15.9 Å². The number of hydrogen-bond acceptors (Lipinski definition) is 1. The second-order valence-electron chi connectivity index (χ2n) is 2.42. The smallest absolute Gasteiger partial charge is 0.127 e. The molecule has 1 aliphatic heterocycles. The molecule has 1 heterocycles. The molecule has 2 atom stereocenters. The van der Waals surface area contributed by atoms with Crippen LogP contribution in [0.25, 0.3) is 0 Å². The van der Waals surface area contributed by atoms with Gasteiger partial charge in [-0.1, -0.05) is 28.1 Å². The van der Waals surface area contributed by atoms with E-state index < -0.39 is 0 Å². The summed E-state index contributed by atoms with van der Waals surface area (Å²) in [6.07, 6.45) is 10.3. The molecule has 0 spiro atoms. The molecule has 0 saturated carbocycles. The summed E-state index contributed by atoms with van der Waals surface area (Å²) in [6.45, 7) is 0. The van der Waals surface area contributed by atoms with Crippen molar-refractivity contribution in [2.45, 2.75) is 6.10 Å². The van der Waals surface area contributed by atoms with Crippen LogP contribution in [0.15, 0.2) is 35.0 Å². The summed E-state index contributed by atoms with van der Waals surface area (Å²) >= 11 is 3.39. The highest BCUT2D eigenvalue weighted by Gasteiger charge is 2.22. The fourth-order valence-electron chi connectivity index (χ4n) is 1.17. The molecule has 1 aliphatic carbocycles. The molecule has 10 heavy (non-hydrogen) atoms. The number of hydrogen-bond donors (Lipinski definition) is 0. The molecule has 0 aromatic heterocycles. The van der Waals surface area contributed by atoms with Crippen molar-refractivity contribution < 1.29 is 4.74 Å². The Balaban J connectivity index is 2.25. The van der Waals surface area contributed by atoms with Crippen molar-refractivity contribution in [2.24, 2.45) is 5.92 Å². The number of allylic oxidation sites excluding steroid dienone is 2. The Morgan fingerprint density at radius 1 is 1.40 bits per heavy atom. The summed E-state index contributed by atoms with van der Waals surface area (Å²) in [5.74, 6) is 0.460. The van der Waals surface area contributed by atoms with E-state index >= 15 is 0 Å². The van der Waals surface area contributed by atoms with Crippen LogP contribution in [0.3, 0.4) is 0 Å². The molecule has 0 aromatic rings. The van der Waals surface area contributed by atoms with Crippen LogP contribution in [-0.4, -0.2) is 6.10 Å². The van der Waals surface area contributed by atoms with E-state index in [0.29, 0.717) is 5.92 Å². The third kappa shape index (κ3) is 0.926. The lowest BCUT2D eigenvalue weighted by Gasteiger charge is -2.15. The summed E-state index contributed by atoms with van der Waals surface area (Å²) in [5, 5.41) is 0. The predicted molar refractivity (Wildman–Crippen MR) is 43.7 cm³/mol. The minimum Gasteiger partial charge on any atom is -0.493 e. The van der Waals surface area contributed by atoms with Gasteiger partial charge in [-0.05, 0) is 12.2 Å². The molecule has 0 N–H and O–H groups in total. The lowest BCUT2D eigenvalue weighted by molar-refractivity contribution is 0.192. The first-order valence-electron chi connectivity index (χ1n) is 3.24. The van der Waals surface area contributed by atoms with Crippen molar-refractivity contribution in [1.82, 2.24) is 0 Å². The molecule has 2 rings (SSSR count). The zero-order valence-electron chi connectivity index (χ0n) is 5.33. The van der Waals surface area contributed by atoms with E-state index in [1.807, 2.05) is 0 Å². The molecule has 2 unspecified atom stereocenters. The predicted octanol–water partition coefficient (Wildman–Crippen LogP) is 2.36. The van der Waals surface area contributed by atoms with E-state index in [0.717, 1.165) is 4.48 Å². The fraction of sp³-hybridized carbons (Fsp3) is 0.250. The van der Waals surface area contributed by atoms with Gasteiger partial charge in [-0.25, -0.2) is 0 Å².